The largest absolute Gasteiger partial charge is 0.399 e. The lowest BCUT2D eigenvalue weighted by atomic mass is 10.2. The molecular formula is C18H16N4. The first-order valence-electron chi connectivity index (χ1n) is 6.99. The highest BCUT2D eigenvalue weighted by Gasteiger charge is 1.95. The Hall–Kier alpha value is -3.14. The highest BCUT2D eigenvalue weighted by Crippen LogP contribution is 2.22. The second kappa shape index (κ2) is 6.54. The number of nitrogen functional groups attached to an aromatic ring is 1. The van der Waals surface area contributed by atoms with E-state index in [0.717, 1.165) is 28.4 Å². The first-order valence-corrected chi connectivity index (χ1v) is 6.99. The molecule has 0 bridgehead atoms. The van der Waals surface area contributed by atoms with E-state index in [9.17, 15) is 0 Å². The van der Waals surface area contributed by atoms with Gasteiger partial charge in [0.1, 0.15) is 0 Å². The molecule has 0 spiro atoms. The first kappa shape index (κ1) is 13.8. The Labute approximate surface area is 129 Å². The summed E-state index contributed by atoms with van der Waals surface area (Å²) in [6.07, 6.45) is 0. The van der Waals surface area contributed by atoms with Gasteiger partial charge in [0.2, 0.25) is 0 Å². The molecule has 22 heavy (non-hydrogen) atoms. The minimum absolute atomic E-state index is 0.718. The number of nitrogens with one attached hydrogen (secondary N) is 1. The van der Waals surface area contributed by atoms with E-state index in [4.69, 9.17) is 5.73 Å². The Morgan fingerprint density at radius 1 is 0.591 bits per heavy atom. The third kappa shape index (κ3) is 3.70. The van der Waals surface area contributed by atoms with Gasteiger partial charge < -0.3 is 11.1 Å². The summed E-state index contributed by atoms with van der Waals surface area (Å²) in [5.74, 6) is 0. The van der Waals surface area contributed by atoms with Crippen LogP contribution < -0.4 is 11.1 Å². The molecule has 3 rings (SSSR count). The van der Waals surface area contributed by atoms with Crippen LogP contribution in [0.1, 0.15) is 0 Å². The van der Waals surface area contributed by atoms with Gasteiger partial charge in [-0.25, -0.2) is 0 Å². The Kier molecular flexibility index (Phi) is 4.11. The zero-order valence-corrected chi connectivity index (χ0v) is 12.0. The van der Waals surface area contributed by atoms with Crippen LogP contribution in [-0.2, 0) is 0 Å². The molecule has 0 aliphatic carbocycles. The quantitative estimate of drug-likeness (QED) is 0.497. The maximum absolute atomic E-state index is 5.63. The number of azo groups is 1. The van der Waals surface area contributed by atoms with Crippen molar-refractivity contribution in [3.63, 3.8) is 0 Å². The second-order valence-corrected chi connectivity index (χ2v) is 4.83. The Morgan fingerprint density at radius 3 is 1.68 bits per heavy atom. The lowest BCUT2D eigenvalue weighted by Gasteiger charge is -2.05. The van der Waals surface area contributed by atoms with Crippen molar-refractivity contribution in [1.29, 1.82) is 0 Å². The molecular weight excluding hydrogens is 272 g/mol. The molecule has 108 valence electrons. The molecule has 3 N–H and O–H groups in total. The van der Waals surface area contributed by atoms with Gasteiger partial charge in [-0.3, -0.25) is 0 Å². The first-order chi connectivity index (χ1) is 10.8. The summed E-state index contributed by atoms with van der Waals surface area (Å²) in [4.78, 5) is 0. The number of para-hydroxylation sites is 1. The predicted octanol–water partition coefficient (Wildman–Crippen LogP) is 5.43. The number of nitrogens with two attached hydrogens (primary N) is 1. The van der Waals surface area contributed by atoms with Crippen LogP contribution in [0.3, 0.4) is 0 Å². The molecule has 0 aliphatic rings. The van der Waals surface area contributed by atoms with Crippen LogP contribution in [0.2, 0.25) is 0 Å². The Morgan fingerprint density at radius 2 is 1.09 bits per heavy atom. The smallest absolute Gasteiger partial charge is 0.0858 e. The highest BCUT2D eigenvalue weighted by molar-refractivity contribution is 5.61. The highest BCUT2D eigenvalue weighted by atomic mass is 15.1. The topological polar surface area (TPSA) is 62.8 Å². The average molecular weight is 288 g/mol. The molecule has 0 atom stereocenters. The predicted molar refractivity (Wildman–Crippen MR) is 91.2 cm³/mol. The third-order valence-corrected chi connectivity index (χ3v) is 3.10. The van der Waals surface area contributed by atoms with Gasteiger partial charge in [0.15, 0.2) is 0 Å². The Bertz CT molecular complexity index is 747. The van der Waals surface area contributed by atoms with Crippen LogP contribution in [0.5, 0.6) is 0 Å². The number of anilines is 3. The SMILES string of the molecule is Nc1ccc(/N=N/c2ccc(Nc3ccccc3)cc2)cc1. The molecule has 0 unspecified atom stereocenters. The third-order valence-electron chi connectivity index (χ3n) is 3.10. The fraction of sp³-hybridized carbons (Fsp3) is 0. The van der Waals surface area contributed by atoms with Gasteiger partial charge in [0.05, 0.1) is 11.4 Å². The molecule has 0 aliphatic heterocycles. The number of rotatable bonds is 4. The average Bonchev–Trinajstić information content (AvgIpc) is 2.57. The normalized spacial score (nSPS) is 10.7. The zero-order valence-electron chi connectivity index (χ0n) is 12.0. The van der Waals surface area contributed by atoms with Crippen molar-refractivity contribution in [2.75, 3.05) is 11.1 Å². The molecule has 0 aromatic heterocycles. The molecule has 0 heterocycles. The van der Waals surface area contributed by atoms with Crippen molar-refractivity contribution in [2.45, 2.75) is 0 Å². The minimum atomic E-state index is 0.718. The van der Waals surface area contributed by atoms with Crippen molar-refractivity contribution < 1.29 is 0 Å². The van der Waals surface area contributed by atoms with Crippen molar-refractivity contribution >= 4 is 28.4 Å². The molecule has 0 saturated carbocycles. The van der Waals surface area contributed by atoms with Crippen molar-refractivity contribution in [2.24, 2.45) is 10.2 Å². The lowest BCUT2D eigenvalue weighted by molar-refractivity contribution is 1.23. The van der Waals surface area contributed by atoms with Gasteiger partial charge in [-0.05, 0) is 60.7 Å². The van der Waals surface area contributed by atoms with Crippen molar-refractivity contribution in [3.05, 3.63) is 78.9 Å². The number of hydrogen-bond donors (Lipinski definition) is 2. The van der Waals surface area contributed by atoms with Crippen LogP contribution in [0.25, 0.3) is 0 Å². The van der Waals surface area contributed by atoms with E-state index in [1.54, 1.807) is 12.1 Å². The van der Waals surface area contributed by atoms with Crippen LogP contribution in [0, 0.1) is 0 Å². The molecule has 0 saturated heterocycles. The van der Waals surface area contributed by atoms with Gasteiger partial charge in [0.25, 0.3) is 0 Å². The molecule has 0 radical (unpaired) electrons. The summed E-state index contributed by atoms with van der Waals surface area (Å²) in [5.41, 5.74) is 10.00. The zero-order chi connectivity index (χ0) is 15.2. The fourth-order valence-corrected chi connectivity index (χ4v) is 1.96. The standard InChI is InChI=1S/C18H16N4/c19-14-6-8-17(9-7-14)21-22-18-12-10-16(11-13-18)20-15-4-2-1-3-5-15/h1-13,20H,19H2/b22-21+. The van der Waals surface area contributed by atoms with Crippen LogP contribution in [-0.4, -0.2) is 0 Å². The summed E-state index contributed by atoms with van der Waals surface area (Å²) >= 11 is 0. The van der Waals surface area contributed by atoms with Crippen LogP contribution in [0.4, 0.5) is 28.4 Å². The van der Waals surface area contributed by atoms with E-state index >= 15 is 0 Å². The fourth-order valence-electron chi connectivity index (χ4n) is 1.96. The van der Waals surface area contributed by atoms with E-state index in [1.165, 1.54) is 0 Å². The van der Waals surface area contributed by atoms with Gasteiger partial charge in [-0.2, -0.15) is 10.2 Å². The molecule has 4 heteroatoms. The Balaban J connectivity index is 1.67. The molecule has 4 nitrogen and oxygen atoms in total. The van der Waals surface area contributed by atoms with Gasteiger partial charge in [-0.15, -0.1) is 0 Å². The minimum Gasteiger partial charge on any atom is -0.399 e. The van der Waals surface area contributed by atoms with E-state index < -0.39 is 0 Å². The van der Waals surface area contributed by atoms with Crippen LogP contribution in [0.15, 0.2) is 89.1 Å². The lowest BCUT2D eigenvalue weighted by Crippen LogP contribution is -1.88. The van der Waals surface area contributed by atoms with Gasteiger partial charge in [0, 0.05) is 17.1 Å². The number of benzene rings is 3. The van der Waals surface area contributed by atoms with Crippen molar-refractivity contribution in [3.8, 4) is 0 Å². The summed E-state index contributed by atoms with van der Waals surface area (Å²) in [5, 5.41) is 11.7. The summed E-state index contributed by atoms with van der Waals surface area (Å²) in [7, 11) is 0. The number of hydrogen-bond acceptors (Lipinski definition) is 4. The maximum Gasteiger partial charge on any atom is 0.0858 e. The van der Waals surface area contributed by atoms with Crippen molar-refractivity contribution in [1.82, 2.24) is 0 Å². The second-order valence-electron chi connectivity index (χ2n) is 4.83. The van der Waals surface area contributed by atoms with E-state index in [1.807, 2.05) is 66.7 Å². The van der Waals surface area contributed by atoms with E-state index in [0.29, 0.717) is 0 Å². The van der Waals surface area contributed by atoms with Crippen LogP contribution >= 0.6 is 0 Å². The number of nitrogens with zero attached hydrogens (tertiary/aromatic N) is 2. The molecule has 3 aromatic carbocycles. The molecule has 0 amide bonds. The molecule has 0 fully saturated rings. The van der Waals surface area contributed by atoms with Gasteiger partial charge in [-0.1, -0.05) is 18.2 Å². The summed E-state index contributed by atoms with van der Waals surface area (Å²) in [6.45, 7) is 0. The van der Waals surface area contributed by atoms with Gasteiger partial charge >= 0.3 is 0 Å². The molecule has 3 aromatic rings. The monoisotopic (exact) mass is 288 g/mol. The van der Waals surface area contributed by atoms with E-state index in [2.05, 4.69) is 15.5 Å². The maximum atomic E-state index is 5.63. The summed E-state index contributed by atoms with van der Waals surface area (Å²) in [6, 6.07) is 25.1. The van der Waals surface area contributed by atoms with E-state index in [-0.39, 0.29) is 0 Å². The summed E-state index contributed by atoms with van der Waals surface area (Å²) < 4.78 is 0.